The summed E-state index contributed by atoms with van der Waals surface area (Å²) in [4.78, 5) is 17.5. The zero-order valence-electron chi connectivity index (χ0n) is 12.5. The average Bonchev–Trinajstić information content (AvgIpc) is 2.97. The highest BCUT2D eigenvalue weighted by Gasteiger charge is 2.26. The molecule has 1 aliphatic heterocycles. The molecule has 1 N–H and O–H groups in total. The number of carboxylic acid groups (broad SMARTS) is 1. The van der Waals surface area contributed by atoms with Crippen molar-refractivity contribution in [2.24, 2.45) is 0 Å². The van der Waals surface area contributed by atoms with Gasteiger partial charge in [-0.1, -0.05) is 23.7 Å². The van der Waals surface area contributed by atoms with Crippen molar-refractivity contribution in [1.29, 1.82) is 0 Å². The molecule has 2 aromatic rings. The largest absolute Gasteiger partial charge is 0.477 e. The molecule has 0 aliphatic carbocycles. The lowest BCUT2D eigenvalue weighted by atomic mass is 10.2. The molecule has 1 unspecified atom stereocenters. The molecule has 0 bridgehead atoms. The van der Waals surface area contributed by atoms with Crippen molar-refractivity contribution in [2.45, 2.75) is 19.1 Å². The van der Waals surface area contributed by atoms with E-state index in [-0.39, 0.29) is 17.5 Å². The molecule has 23 heavy (non-hydrogen) atoms. The van der Waals surface area contributed by atoms with E-state index in [4.69, 9.17) is 21.4 Å². The van der Waals surface area contributed by atoms with Crippen LogP contribution in [-0.4, -0.2) is 40.2 Å². The van der Waals surface area contributed by atoms with Gasteiger partial charge in [0.15, 0.2) is 0 Å². The zero-order valence-corrected chi connectivity index (χ0v) is 13.2. The van der Waals surface area contributed by atoms with E-state index in [2.05, 4.69) is 9.88 Å². The van der Waals surface area contributed by atoms with Gasteiger partial charge in [-0.15, -0.1) is 0 Å². The third-order valence-electron chi connectivity index (χ3n) is 3.83. The summed E-state index contributed by atoms with van der Waals surface area (Å²) < 4.78 is 5.80. The minimum Gasteiger partial charge on any atom is -0.477 e. The highest BCUT2D eigenvalue weighted by Crippen LogP contribution is 2.21. The third-order valence-corrected chi connectivity index (χ3v) is 4.08. The Morgan fingerprint density at radius 1 is 1.35 bits per heavy atom. The second kappa shape index (κ2) is 6.98. The first-order chi connectivity index (χ1) is 11.1. The van der Waals surface area contributed by atoms with Crippen molar-refractivity contribution >= 4 is 17.6 Å². The molecule has 1 atom stereocenters. The highest BCUT2D eigenvalue weighted by molar-refractivity contribution is 6.30. The summed E-state index contributed by atoms with van der Waals surface area (Å²) in [6.45, 7) is 2.48. The van der Waals surface area contributed by atoms with Crippen LogP contribution in [0.2, 0.25) is 5.02 Å². The Kier molecular flexibility index (Phi) is 4.79. The Morgan fingerprint density at radius 3 is 2.87 bits per heavy atom. The molecule has 6 heteroatoms. The van der Waals surface area contributed by atoms with Gasteiger partial charge in [0, 0.05) is 30.9 Å². The van der Waals surface area contributed by atoms with E-state index in [0.29, 0.717) is 0 Å². The molecule has 0 spiro atoms. The molecule has 1 aromatic heterocycles. The molecule has 0 radical (unpaired) electrons. The molecule has 3 rings (SSSR count). The van der Waals surface area contributed by atoms with Crippen molar-refractivity contribution in [1.82, 2.24) is 9.88 Å². The first kappa shape index (κ1) is 15.8. The average molecular weight is 333 g/mol. The van der Waals surface area contributed by atoms with Crippen LogP contribution in [-0.2, 0) is 6.54 Å². The minimum atomic E-state index is -1.02. The van der Waals surface area contributed by atoms with E-state index >= 15 is 0 Å². The van der Waals surface area contributed by atoms with Crippen LogP contribution in [0.5, 0.6) is 5.88 Å². The lowest BCUT2D eigenvalue weighted by Crippen LogP contribution is -2.25. The fourth-order valence-corrected chi connectivity index (χ4v) is 2.82. The summed E-state index contributed by atoms with van der Waals surface area (Å²) >= 11 is 5.89. The molecule has 0 saturated carbocycles. The Hall–Kier alpha value is -2.11. The summed E-state index contributed by atoms with van der Waals surface area (Å²) in [6, 6.07) is 10.9. The van der Waals surface area contributed by atoms with Gasteiger partial charge in [-0.25, -0.2) is 9.78 Å². The number of nitrogens with zero attached hydrogens (tertiary/aromatic N) is 2. The van der Waals surface area contributed by atoms with Gasteiger partial charge in [0.05, 0.1) is 0 Å². The number of aromatic carboxylic acids is 1. The Balaban J connectivity index is 1.60. The van der Waals surface area contributed by atoms with Gasteiger partial charge >= 0.3 is 5.97 Å². The van der Waals surface area contributed by atoms with Crippen LogP contribution in [0.1, 0.15) is 22.3 Å². The number of hydrogen-bond donors (Lipinski definition) is 1. The maximum atomic E-state index is 11.2. The van der Waals surface area contributed by atoms with E-state index in [1.165, 1.54) is 11.6 Å². The fourth-order valence-electron chi connectivity index (χ4n) is 2.69. The predicted molar refractivity (Wildman–Crippen MR) is 87.0 cm³/mol. The number of likely N-dealkylation sites (tertiary alicyclic amines) is 1. The first-order valence-electron chi connectivity index (χ1n) is 7.43. The van der Waals surface area contributed by atoms with Crippen molar-refractivity contribution in [3.8, 4) is 5.88 Å². The summed E-state index contributed by atoms with van der Waals surface area (Å²) in [5, 5.41) is 9.90. The van der Waals surface area contributed by atoms with Gasteiger partial charge in [0.25, 0.3) is 0 Å². The monoisotopic (exact) mass is 332 g/mol. The summed E-state index contributed by atoms with van der Waals surface area (Å²) in [5.41, 5.74) is 1.29. The number of benzene rings is 1. The van der Waals surface area contributed by atoms with Crippen LogP contribution in [0, 0.1) is 0 Å². The molecule has 1 saturated heterocycles. The second-order valence-corrected chi connectivity index (χ2v) is 5.99. The van der Waals surface area contributed by atoms with E-state index in [1.54, 1.807) is 12.3 Å². The quantitative estimate of drug-likeness (QED) is 0.911. The molecular formula is C17H17ClN2O3. The molecule has 1 fully saturated rings. The van der Waals surface area contributed by atoms with Crippen molar-refractivity contribution < 1.29 is 14.6 Å². The molecular weight excluding hydrogens is 316 g/mol. The van der Waals surface area contributed by atoms with Crippen molar-refractivity contribution in [3.63, 3.8) is 0 Å². The minimum absolute atomic E-state index is 0.0460. The summed E-state index contributed by atoms with van der Waals surface area (Å²) in [5.74, 6) is -0.831. The number of hydrogen-bond acceptors (Lipinski definition) is 4. The van der Waals surface area contributed by atoms with Gasteiger partial charge in [-0.2, -0.15) is 0 Å². The Morgan fingerprint density at radius 2 is 2.13 bits per heavy atom. The summed E-state index contributed by atoms with van der Waals surface area (Å²) in [7, 11) is 0. The number of halogens is 1. The van der Waals surface area contributed by atoms with Gasteiger partial charge in [0.1, 0.15) is 11.7 Å². The van der Waals surface area contributed by atoms with Crippen LogP contribution in [0.15, 0.2) is 42.6 Å². The Labute approximate surface area is 139 Å². The number of aromatic nitrogens is 1. The summed E-state index contributed by atoms with van der Waals surface area (Å²) in [6.07, 6.45) is 2.35. The number of carbonyl (C=O) groups is 1. The van der Waals surface area contributed by atoms with Crippen molar-refractivity contribution in [2.75, 3.05) is 13.1 Å². The molecule has 120 valence electrons. The van der Waals surface area contributed by atoms with Gasteiger partial charge < -0.3 is 9.84 Å². The third kappa shape index (κ3) is 4.00. The second-order valence-electron chi connectivity index (χ2n) is 5.55. The van der Waals surface area contributed by atoms with E-state index in [1.807, 2.05) is 24.3 Å². The SMILES string of the molecule is O=C(O)c1cccnc1OC1CCN(Cc2ccc(Cl)cc2)C1. The predicted octanol–water partition coefficient (Wildman–Crippen LogP) is 3.09. The van der Waals surface area contributed by atoms with Crippen LogP contribution >= 0.6 is 11.6 Å². The fraction of sp³-hybridized carbons (Fsp3) is 0.294. The smallest absolute Gasteiger partial charge is 0.341 e. The lowest BCUT2D eigenvalue weighted by Gasteiger charge is -2.17. The van der Waals surface area contributed by atoms with Crippen LogP contribution in [0.25, 0.3) is 0 Å². The standard InChI is InChI=1S/C17H17ClN2O3/c18-13-5-3-12(4-6-13)10-20-9-7-14(11-20)23-16-15(17(21)22)2-1-8-19-16/h1-6,8,14H,7,9-11H2,(H,21,22). The molecule has 0 amide bonds. The van der Waals surface area contributed by atoms with E-state index in [0.717, 1.165) is 31.1 Å². The molecule has 2 heterocycles. The van der Waals surface area contributed by atoms with Gasteiger partial charge in [0.2, 0.25) is 5.88 Å². The van der Waals surface area contributed by atoms with Gasteiger partial charge in [-0.05, 0) is 36.2 Å². The highest BCUT2D eigenvalue weighted by atomic mass is 35.5. The van der Waals surface area contributed by atoms with Crippen LogP contribution in [0.4, 0.5) is 0 Å². The van der Waals surface area contributed by atoms with Gasteiger partial charge in [-0.3, -0.25) is 4.90 Å². The van der Waals surface area contributed by atoms with E-state index < -0.39 is 5.97 Å². The van der Waals surface area contributed by atoms with Crippen molar-refractivity contribution in [3.05, 3.63) is 58.7 Å². The number of ether oxygens (including phenoxy) is 1. The molecule has 1 aliphatic rings. The maximum absolute atomic E-state index is 11.2. The topological polar surface area (TPSA) is 62.7 Å². The number of carboxylic acids is 1. The lowest BCUT2D eigenvalue weighted by molar-refractivity contribution is 0.0687. The normalized spacial score (nSPS) is 18.0. The molecule has 1 aromatic carbocycles. The van der Waals surface area contributed by atoms with E-state index in [9.17, 15) is 4.79 Å². The molecule has 5 nitrogen and oxygen atoms in total. The number of rotatable bonds is 5. The number of pyridine rings is 1. The zero-order chi connectivity index (χ0) is 16.2. The van der Waals surface area contributed by atoms with Crippen LogP contribution in [0.3, 0.4) is 0 Å². The first-order valence-corrected chi connectivity index (χ1v) is 7.81. The maximum Gasteiger partial charge on any atom is 0.341 e. The Bertz CT molecular complexity index is 690. The van der Waals surface area contributed by atoms with Crippen LogP contribution < -0.4 is 4.74 Å².